The van der Waals surface area contributed by atoms with Gasteiger partial charge in [-0.3, -0.25) is 9.80 Å². The minimum absolute atomic E-state index is 0.120. The highest BCUT2D eigenvalue weighted by Gasteiger charge is 2.41. The second-order valence-corrected chi connectivity index (χ2v) is 7.66. The second-order valence-electron chi connectivity index (χ2n) is 7.66. The van der Waals surface area contributed by atoms with Crippen LogP contribution in [0.5, 0.6) is 0 Å². The van der Waals surface area contributed by atoms with Crippen LogP contribution >= 0.6 is 0 Å². The zero-order chi connectivity index (χ0) is 21.9. The van der Waals surface area contributed by atoms with Gasteiger partial charge in [-0.05, 0) is 47.4 Å². The van der Waals surface area contributed by atoms with Crippen molar-refractivity contribution in [3.63, 3.8) is 0 Å². The van der Waals surface area contributed by atoms with Gasteiger partial charge in [-0.2, -0.15) is 4.99 Å². The van der Waals surface area contributed by atoms with E-state index in [4.69, 9.17) is 4.74 Å². The predicted octanol–water partition coefficient (Wildman–Crippen LogP) is 3.69. The first-order valence-corrected chi connectivity index (χ1v) is 9.65. The fourth-order valence-corrected chi connectivity index (χ4v) is 4.00. The number of guanidine groups is 2. The molecule has 2 aromatic rings. The Kier molecular flexibility index (Phi) is 4.47. The molecule has 3 aliphatic rings. The van der Waals surface area contributed by atoms with Gasteiger partial charge in [0, 0.05) is 12.7 Å². The fraction of sp³-hybridized carbons (Fsp3) is 0.286. The number of hydrogen-bond acceptors (Lipinski definition) is 5. The van der Waals surface area contributed by atoms with Crippen LogP contribution in [0.25, 0.3) is 0 Å². The molecule has 0 spiro atoms. The number of hydrogen-bond donors (Lipinski definition) is 1. The van der Waals surface area contributed by atoms with E-state index in [1.165, 1.54) is 11.9 Å². The molecule has 0 radical (unpaired) electrons. The average Bonchev–Trinajstić information content (AvgIpc) is 3.37. The molecule has 2 aromatic carbocycles. The third-order valence-corrected chi connectivity index (χ3v) is 5.65. The molecule has 3 aliphatic heterocycles. The van der Waals surface area contributed by atoms with Crippen LogP contribution in [0.15, 0.2) is 34.3 Å². The van der Waals surface area contributed by atoms with Crippen LogP contribution in [0.2, 0.25) is 0 Å². The molecule has 0 aromatic heterocycles. The quantitative estimate of drug-likeness (QED) is 0.740. The zero-order valence-electron chi connectivity index (χ0n) is 16.7. The highest BCUT2D eigenvalue weighted by Crippen LogP contribution is 2.33. The van der Waals surface area contributed by atoms with E-state index >= 15 is 0 Å². The maximum atomic E-state index is 13.9. The average molecular weight is 429 g/mol. The Labute approximate surface area is 175 Å². The van der Waals surface area contributed by atoms with Crippen LogP contribution in [0.4, 0.5) is 23.7 Å². The van der Waals surface area contributed by atoms with Gasteiger partial charge in [0.05, 0.1) is 25.8 Å². The number of nitrogens with one attached hydrogen (secondary N) is 1. The standard InChI is InChI=1S/C21H18F3N5O2/c1-10-3-12-8-31-9-13(12)6-16(10)26-19-27-21(30)28(2)20-25-7-17(29(19)20)11-4-14(22)18(24)15(23)5-11/h3-6,17H,7-9H2,1-2H3,(H,26,27,30). The van der Waals surface area contributed by atoms with E-state index in [1.54, 1.807) is 4.90 Å². The lowest BCUT2D eigenvalue weighted by atomic mass is 10.0. The first kappa shape index (κ1) is 19.6. The maximum absolute atomic E-state index is 13.9. The van der Waals surface area contributed by atoms with Crippen LogP contribution in [0.3, 0.4) is 0 Å². The fourth-order valence-electron chi connectivity index (χ4n) is 4.00. The van der Waals surface area contributed by atoms with Crippen molar-refractivity contribution in [3.8, 4) is 0 Å². The lowest BCUT2D eigenvalue weighted by molar-refractivity contribution is 0.134. The van der Waals surface area contributed by atoms with E-state index in [9.17, 15) is 18.0 Å². The van der Waals surface area contributed by atoms with E-state index < -0.39 is 29.5 Å². The number of aryl methyl sites for hydroxylation is 1. The molecular weight excluding hydrogens is 411 g/mol. The van der Waals surface area contributed by atoms with Crippen molar-refractivity contribution < 1.29 is 22.7 Å². The van der Waals surface area contributed by atoms with Gasteiger partial charge in [-0.15, -0.1) is 0 Å². The van der Waals surface area contributed by atoms with Crippen LogP contribution < -0.4 is 5.32 Å². The molecule has 160 valence electrons. The number of nitrogens with zero attached hydrogens (tertiary/aromatic N) is 4. The molecule has 0 saturated carbocycles. The molecule has 0 bridgehead atoms. The lowest BCUT2D eigenvalue weighted by Crippen LogP contribution is -2.53. The highest BCUT2D eigenvalue weighted by atomic mass is 19.2. The third-order valence-electron chi connectivity index (χ3n) is 5.65. The van der Waals surface area contributed by atoms with Crippen molar-refractivity contribution in [2.45, 2.75) is 26.2 Å². The molecular formula is C21H18F3N5O2. The number of benzene rings is 2. The van der Waals surface area contributed by atoms with Gasteiger partial charge in [0.1, 0.15) is 0 Å². The Hall–Kier alpha value is -3.40. The highest BCUT2D eigenvalue weighted by molar-refractivity contribution is 6.17. The van der Waals surface area contributed by atoms with E-state index in [2.05, 4.69) is 15.3 Å². The second kappa shape index (κ2) is 7.09. The number of anilines is 1. The number of halogens is 3. The number of aliphatic imine (C=N–C) groups is 2. The summed E-state index contributed by atoms with van der Waals surface area (Å²) < 4.78 is 46.7. The van der Waals surface area contributed by atoms with E-state index in [-0.39, 0.29) is 18.1 Å². The largest absolute Gasteiger partial charge is 0.372 e. The number of urea groups is 1. The number of ether oxygens (including phenoxy) is 1. The van der Waals surface area contributed by atoms with Crippen LogP contribution in [-0.2, 0) is 18.0 Å². The van der Waals surface area contributed by atoms with Crippen molar-refractivity contribution in [2.24, 2.45) is 9.98 Å². The Bertz CT molecular complexity index is 1160. The van der Waals surface area contributed by atoms with Crippen LogP contribution in [0.1, 0.15) is 28.3 Å². The molecule has 3 heterocycles. The molecule has 1 unspecified atom stereocenters. The van der Waals surface area contributed by atoms with Crippen molar-refractivity contribution in [2.75, 3.05) is 18.9 Å². The number of carbonyl (C=O) groups excluding carboxylic acids is 1. The molecule has 0 fully saturated rings. The molecule has 2 amide bonds. The number of amides is 2. The summed E-state index contributed by atoms with van der Waals surface area (Å²) in [4.78, 5) is 23.7. The van der Waals surface area contributed by atoms with Crippen LogP contribution in [0, 0.1) is 24.4 Å². The first-order chi connectivity index (χ1) is 14.8. The molecule has 5 rings (SSSR count). The van der Waals surface area contributed by atoms with Gasteiger partial charge >= 0.3 is 6.03 Å². The van der Waals surface area contributed by atoms with Crippen molar-refractivity contribution in [1.29, 1.82) is 0 Å². The number of carbonyl (C=O) groups is 1. The molecule has 1 atom stereocenters. The Morgan fingerprint density at radius 2 is 1.77 bits per heavy atom. The third kappa shape index (κ3) is 3.14. The van der Waals surface area contributed by atoms with E-state index in [1.807, 2.05) is 19.1 Å². The molecule has 31 heavy (non-hydrogen) atoms. The summed E-state index contributed by atoms with van der Waals surface area (Å²) in [6, 6.07) is 4.61. The summed E-state index contributed by atoms with van der Waals surface area (Å²) in [7, 11) is 1.51. The van der Waals surface area contributed by atoms with Crippen molar-refractivity contribution in [1.82, 2.24) is 9.80 Å². The minimum Gasteiger partial charge on any atom is -0.372 e. The molecule has 10 heteroatoms. The Morgan fingerprint density at radius 1 is 1.10 bits per heavy atom. The minimum atomic E-state index is -1.53. The Morgan fingerprint density at radius 3 is 2.48 bits per heavy atom. The van der Waals surface area contributed by atoms with Crippen molar-refractivity contribution in [3.05, 3.63) is 64.0 Å². The summed E-state index contributed by atoms with van der Waals surface area (Å²) in [5, 5.41) is 3.17. The van der Waals surface area contributed by atoms with Gasteiger partial charge in [-0.1, -0.05) is 6.07 Å². The predicted molar refractivity (Wildman–Crippen MR) is 107 cm³/mol. The molecule has 0 saturated heterocycles. The van der Waals surface area contributed by atoms with Gasteiger partial charge < -0.3 is 10.1 Å². The zero-order valence-corrected chi connectivity index (χ0v) is 16.7. The van der Waals surface area contributed by atoms with Crippen molar-refractivity contribution >= 4 is 23.6 Å². The molecule has 0 aliphatic carbocycles. The number of fused-ring (bicyclic) bond motifs is 2. The number of rotatable bonds is 2. The molecule has 1 N–H and O–H groups in total. The lowest BCUT2D eigenvalue weighted by Gasteiger charge is -2.35. The van der Waals surface area contributed by atoms with E-state index in [0.29, 0.717) is 19.2 Å². The summed E-state index contributed by atoms with van der Waals surface area (Å²) in [5.74, 6) is -3.63. The monoisotopic (exact) mass is 429 g/mol. The van der Waals surface area contributed by atoms with E-state index in [0.717, 1.165) is 34.5 Å². The summed E-state index contributed by atoms with van der Waals surface area (Å²) in [5.41, 5.74) is 3.96. The van der Waals surface area contributed by atoms with Gasteiger partial charge in [0.2, 0.25) is 11.9 Å². The van der Waals surface area contributed by atoms with Crippen LogP contribution in [-0.4, -0.2) is 41.3 Å². The summed E-state index contributed by atoms with van der Waals surface area (Å²) >= 11 is 0. The van der Waals surface area contributed by atoms with Gasteiger partial charge in [0.15, 0.2) is 17.5 Å². The SMILES string of the molecule is Cc1cc2c(cc1NC1=NC(=O)N(C)C3=NCC(c4cc(F)c(F)c(F)c4)N13)COC2. The Balaban J connectivity index is 1.54. The summed E-state index contributed by atoms with van der Waals surface area (Å²) in [6.45, 7) is 3.08. The first-order valence-electron chi connectivity index (χ1n) is 9.65. The topological polar surface area (TPSA) is 69.5 Å². The summed E-state index contributed by atoms with van der Waals surface area (Å²) in [6.07, 6.45) is 0. The molecule has 7 nitrogen and oxygen atoms in total. The van der Waals surface area contributed by atoms with Gasteiger partial charge in [0.25, 0.3) is 0 Å². The smallest absolute Gasteiger partial charge is 0.353 e. The normalized spacial score (nSPS) is 19.9. The van der Waals surface area contributed by atoms with Gasteiger partial charge in [-0.25, -0.2) is 23.0 Å². The maximum Gasteiger partial charge on any atom is 0.353 e.